The summed E-state index contributed by atoms with van der Waals surface area (Å²) < 4.78 is 9.85. The molecule has 2 aromatic carbocycles. The minimum atomic E-state index is -0.463. The van der Waals surface area contributed by atoms with E-state index >= 15 is 0 Å². The number of benzene rings is 2. The van der Waals surface area contributed by atoms with Crippen LogP contribution in [0.2, 0.25) is 0 Å². The lowest BCUT2D eigenvalue weighted by Crippen LogP contribution is -2.18. The predicted octanol–water partition coefficient (Wildman–Crippen LogP) is 3.53. The van der Waals surface area contributed by atoms with Gasteiger partial charge in [0.15, 0.2) is 11.6 Å². The van der Waals surface area contributed by atoms with Gasteiger partial charge in [0.25, 0.3) is 0 Å². The molecule has 31 heavy (non-hydrogen) atoms. The molecule has 1 aromatic heterocycles. The number of esters is 2. The Morgan fingerprint density at radius 1 is 1.06 bits per heavy atom. The van der Waals surface area contributed by atoms with E-state index in [-0.39, 0.29) is 5.97 Å². The van der Waals surface area contributed by atoms with E-state index in [1.54, 1.807) is 67.4 Å². The summed E-state index contributed by atoms with van der Waals surface area (Å²) in [5, 5.41) is 3.12. The van der Waals surface area contributed by atoms with Crippen molar-refractivity contribution in [2.24, 2.45) is 0 Å². The van der Waals surface area contributed by atoms with Gasteiger partial charge < -0.3 is 25.4 Å². The summed E-state index contributed by atoms with van der Waals surface area (Å²) in [6.07, 6.45) is 1.37. The van der Waals surface area contributed by atoms with Crippen molar-refractivity contribution in [3.63, 3.8) is 0 Å². The van der Waals surface area contributed by atoms with E-state index < -0.39 is 5.97 Å². The highest BCUT2D eigenvalue weighted by Crippen LogP contribution is 2.33. The molecule has 3 N–H and O–H groups in total. The number of hydrogen-bond acceptors (Lipinski definition) is 9. The molecule has 9 heteroatoms. The third-order valence-corrected chi connectivity index (χ3v) is 4.51. The Morgan fingerprint density at radius 2 is 1.77 bits per heavy atom. The number of methoxy groups -OCH3 is 1. The zero-order valence-electron chi connectivity index (χ0n) is 17.5. The first-order chi connectivity index (χ1) is 15.0. The Hall–Kier alpha value is -4.14. The highest BCUT2D eigenvalue weighted by Gasteiger charge is 2.19. The van der Waals surface area contributed by atoms with Crippen LogP contribution in [0.5, 0.6) is 0 Å². The molecule has 0 saturated carbocycles. The first-order valence-corrected chi connectivity index (χ1v) is 9.52. The lowest BCUT2D eigenvalue weighted by atomic mass is 10.1. The second-order valence-electron chi connectivity index (χ2n) is 6.45. The molecular weight excluding hydrogens is 398 g/mol. The number of nitrogens with one attached hydrogen (secondary N) is 1. The maximum atomic E-state index is 12.1. The summed E-state index contributed by atoms with van der Waals surface area (Å²) in [6.45, 7) is 2.07. The molecule has 0 saturated heterocycles. The minimum absolute atomic E-state index is 0.291. The maximum absolute atomic E-state index is 12.1. The molecule has 3 aromatic rings. The van der Waals surface area contributed by atoms with Crippen molar-refractivity contribution in [3.05, 3.63) is 66.0 Å². The second-order valence-corrected chi connectivity index (χ2v) is 6.45. The number of nitrogen functional groups attached to an aromatic ring is 1. The molecular formula is C22H23N5O4. The normalized spacial score (nSPS) is 10.3. The topological polar surface area (TPSA) is 120 Å². The fourth-order valence-electron chi connectivity index (χ4n) is 2.96. The average Bonchev–Trinajstić information content (AvgIpc) is 2.80. The molecule has 160 valence electrons. The Morgan fingerprint density at radius 3 is 2.45 bits per heavy atom. The molecule has 3 rings (SSSR count). The van der Waals surface area contributed by atoms with Crippen molar-refractivity contribution in [2.45, 2.75) is 6.92 Å². The number of hydrogen-bond donors (Lipinski definition) is 2. The van der Waals surface area contributed by atoms with Gasteiger partial charge in [-0.15, -0.1) is 0 Å². The van der Waals surface area contributed by atoms with E-state index in [4.69, 9.17) is 15.2 Å². The zero-order valence-corrected chi connectivity index (χ0v) is 17.5. The fourth-order valence-corrected chi connectivity index (χ4v) is 2.96. The summed E-state index contributed by atoms with van der Waals surface area (Å²) in [7, 11) is 3.08. The summed E-state index contributed by atoms with van der Waals surface area (Å²) in [4.78, 5) is 34.1. The van der Waals surface area contributed by atoms with Crippen LogP contribution in [-0.2, 0) is 9.47 Å². The van der Waals surface area contributed by atoms with E-state index in [9.17, 15) is 9.59 Å². The summed E-state index contributed by atoms with van der Waals surface area (Å²) in [6, 6.07) is 13.7. The first kappa shape index (κ1) is 21.6. The van der Waals surface area contributed by atoms with E-state index in [0.29, 0.717) is 46.4 Å². The molecule has 1 heterocycles. The van der Waals surface area contributed by atoms with Gasteiger partial charge in [-0.3, -0.25) is 0 Å². The average molecular weight is 421 g/mol. The number of carbonyl (C=O) groups excluding carboxylic acids is 2. The van der Waals surface area contributed by atoms with E-state index in [2.05, 4.69) is 15.3 Å². The van der Waals surface area contributed by atoms with Gasteiger partial charge >= 0.3 is 11.9 Å². The van der Waals surface area contributed by atoms with Crippen molar-refractivity contribution in [2.75, 3.05) is 36.7 Å². The SMILES string of the molecule is CCOC(=O)c1ccc(Nc2ncnc(N(C)c3ccccc3C(=O)OC)c2N)cc1. The van der Waals surface area contributed by atoms with E-state index in [0.717, 1.165) is 0 Å². The lowest BCUT2D eigenvalue weighted by molar-refractivity contribution is 0.0525. The van der Waals surface area contributed by atoms with Crippen LogP contribution >= 0.6 is 0 Å². The zero-order chi connectivity index (χ0) is 22.4. The Bertz CT molecular complexity index is 1090. The Labute approximate surface area is 179 Å². The van der Waals surface area contributed by atoms with Gasteiger partial charge in [0, 0.05) is 12.7 Å². The third kappa shape index (κ3) is 4.72. The highest BCUT2D eigenvalue weighted by atomic mass is 16.5. The number of anilines is 5. The largest absolute Gasteiger partial charge is 0.465 e. The van der Waals surface area contributed by atoms with Crippen molar-refractivity contribution in [1.82, 2.24) is 9.97 Å². The number of rotatable bonds is 7. The van der Waals surface area contributed by atoms with Gasteiger partial charge in [-0.2, -0.15) is 0 Å². The van der Waals surface area contributed by atoms with Crippen molar-refractivity contribution in [3.8, 4) is 0 Å². The first-order valence-electron chi connectivity index (χ1n) is 9.52. The van der Waals surface area contributed by atoms with Crippen LogP contribution in [0.15, 0.2) is 54.9 Å². The second kappa shape index (κ2) is 9.57. The number of para-hydroxylation sites is 1. The molecule has 0 bridgehead atoms. The van der Waals surface area contributed by atoms with Crippen molar-refractivity contribution < 1.29 is 19.1 Å². The van der Waals surface area contributed by atoms with Crippen LogP contribution < -0.4 is 16.0 Å². The van der Waals surface area contributed by atoms with Gasteiger partial charge in [0.05, 0.1) is 30.5 Å². The van der Waals surface area contributed by atoms with Gasteiger partial charge in [-0.25, -0.2) is 19.6 Å². The monoisotopic (exact) mass is 421 g/mol. The third-order valence-electron chi connectivity index (χ3n) is 4.51. The molecule has 0 aliphatic carbocycles. The molecule has 0 amide bonds. The molecule has 0 spiro atoms. The number of ether oxygens (including phenoxy) is 2. The minimum Gasteiger partial charge on any atom is -0.465 e. The van der Waals surface area contributed by atoms with E-state index in [1.807, 2.05) is 0 Å². The fraction of sp³-hybridized carbons (Fsp3) is 0.182. The van der Waals surface area contributed by atoms with Gasteiger partial charge in [0.1, 0.15) is 12.0 Å². The standard InChI is InChI=1S/C22H23N5O4/c1-4-31-21(28)14-9-11-15(12-10-14)26-19-18(23)20(25-13-24-19)27(2)17-8-6-5-7-16(17)22(29)30-3/h5-13H,4,23H2,1-3H3,(H,24,25,26). The highest BCUT2D eigenvalue weighted by molar-refractivity contribution is 5.97. The molecule has 0 atom stereocenters. The summed E-state index contributed by atoms with van der Waals surface area (Å²) >= 11 is 0. The number of nitrogens with two attached hydrogens (primary N) is 1. The van der Waals surface area contributed by atoms with Crippen molar-refractivity contribution in [1.29, 1.82) is 0 Å². The van der Waals surface area contributed by atoms with Crippen LogP contribution in [0.4, 0.5) is 28.7 Å². The van der Waals surface area contributed by atoms with Crippen LogP contribution in [0.1, 0.15) is 27.6 Å². The molecule has 0 radical (unpaired) electrons. The van der Waals surface area contributed by atoms with Crippen LogP contribution in [-0.4, -0.2) is 42.7 Å². The van der Waals surface area contributed by atoms with Crippen LogP contribution in [0.25, 0.3) is 0 Å². The molecule has 0 fully saturated rings. The van der Waals surface area contributed by atoms with Crippen LogP contribution in [0.3, 0.4) is 0 Å². The Kier molecular flexibility index (Phi) is 6.66. The van der Waals surface area contributed by atoms with Crippen LogP contribution in [0, 0.1) is 0 Å². The molecule has 0 aliphatic heterocycles. The maximum Gasteiger partial charge on any atom is 0.339 e. The Balaban J connectivity index is 1.87. The number of carbonyl (C=O) groups is 2. The number of nitrogens with zero attached hydrogens (tertiary/aromatic N) is 3. The van der Waals surface area contributed by atoms with E-state index in [1.165, 1.54) is 13.4 Å². The number of aromatic nitrogens is 2. The van der Waals surface area contributed by atoms with Gasteiger partial charge in [0.2, 0.25) is 0 Å². The van der Waals surface area contributed by atoms with Gasteiger partial charge in [-0.1, -0.05) is 12.1 Å². The predicted molar refractivity (Wildman–Crippen MR) is 118 cm³/mol. The molecule has 9 nitrogen and oxygen atoms in total. The summed E-state index contributed by atoms with van der Waals surface area (Å²) in [5.41, 5.74) is 8.72. The molecule has 0 aliphatic rings. The lowest BCUT2D eigenvalue weighted by Gasteiger charge is -2.23. The summed E-state index contributed by atoms with van der Waals surface area (Å²) in [5.74, 6) is -0.0489. The van der Waals surface area contributed by atoms with Gasteiger partial charge in [-0.05, 0) is 43.3 Å². The smallest absolute Gasteiger partial charge is 0.339 e. The molecule has 0 unspecified atom stereocenters. The quantitative estimate of drug-likeness (QED) is 0.552. The van der Waals surface area contributed by atoms with Crippen molar-refractivity contribution >= 4 is 40.6 Å².